The molecule has 0 bridgehead atoms. The maximum Gasteiger partial charge on any atom is 0.269 e. The molecule has 4 rings (SSSR count). The van der Waals surface area contributed by atoms with Crippen molar-refractivity contribution in [3.05, 3.63) is 53.0 Å². The smallest absolute Gasteiger partial charge is 0.269 e. The molecule has 1 N–H and O–H groups in total. The third kappa shape index (κ3) is 3.08. The molecule has 0 aliphatic carbocycles. The maximum atomic E-state index is 12.9. The molecule has 1 aromatic carbocycles. The van der Waals surface area contributed by atoms with Crippen LogP contribution in [0.3, 0.4) is 0 Å². The van der Waals surface area contributed by atoms with E-state index in [9.17, 15) is 18.5 Å². The Morgan fingerprint density at radius 2 is 2.00 bits per heavy atom. The van der Waals surface area contributed by atoms with E-state index in [4.69, 9.17) is 0 Å². The Morgan fingerprint density at radius 3 is 2.71 bits per heavy atom. The molecule has 2 aromatic heterocycles. The number of nitrogens with zero attached hydrogens (tertiary/aromatic N) is 5. The number of nitro groups is 1. The molecule has 28 heavy (non-hydrogen) atoms. The molecule has 0 unspecified atom stereocenters. The normalized spacial score (nSPS) is 17.8. The van der Waals surface area contributed by atoms with Crippen molar-refractivity contribution in [2.75, 3.05) is 25.0 Å². The summed E-state index contributed by atoms with van der Waals surface area (Å²) in [6.07, 6.45) is 3.92. The number of likely N-dealkylation sites (N-methyl/N-ethyl adjacent to an activating group) is 1. The van der Waals surface area contributed by atoms with Crippen LogP contribution in [0.4, 0.5) is 11.5 Å². The number of aromatic amines is 1. The highest BCUT2D eigenvalue weighted by molar-refractivity contribution is 7.89. The maximum absolute atomic E-state index is 12.9. The monoisotopic (exact) mass is 402 g/mol. The fraction of sp³-hybridized carbons (Fsp3) is 0.294. The molecule has 1 aliphatic rings. The Kier molecular flexibility index (Phi) is 4.47. The van der Waals surface area contributed by atoms with E-state index in [-0.39, 0.29) is 16.6 Å². The summed E-state index contributed by atoms with van der Waals surface area (Å²) in [5, 5.41) is 11.6. The van der Waals surface area contributed by atoms with Crippen LogP contribution in [-0.4, -0.2) is 58.8 Å². The summed E-state index contributed by atoms with van der Waals surface area (Å²) >= 11 is 0. The fourth-order valence-electron chi connectivity index (χ4n) is 3.45. The number of anilines is 1. The first-order valence-corrected chi connectivity index (χ1v) is 10.1. The van der Waals surface area contributed by atoms with Gasteiger partial charge in [0, 0.05) is 44.5 Å². The largest absolute Gasteiger partial charge is 0.355 e. The average Bonchev–Trinajstić information content (AvgIpc) is 3.37. The first-order chi connectivity index (χ1) is 13.4. The molecule has 0 saturated carbocycles. The van der Waals surface area contributed by atoms with Crippen LogP contribution < -0.4 is 4.90 Å². The molecular weight excluding hydrogens is 384 g/mol. The van der Waals surface area contributed by atoms with Gasteiger partial charge in [0.2, 0.25) is 10.0 Å². The highest BCUT2D eigenvalue weighted by atomic mass is 32.2. The van der Waals surface area contributed by atoms with Gasteiger partial charge in [-0.1, -0.05) is 0 Å². The van der Waals surface area contributed by atoms with Crippen LogP contribution in [0, 0.1) is 10.1 Å². The lowest BCUT2D eigenvalue weighted by molar-refractivity contribution is -0.384. The molecule has 10 nitrogen and oxygen atoms in total. The number of H-pyrrole nitrogens is 1. The molecule has 11 heteroatoms. The van der Waals surface area contributed by atoms with E-state index in [0.717, 1.165) is 16.9 Å². The number of fused-ring (bicyclic) bond motifs is 1. The summed E-state index contributed by atoms with van der Waals surface area (Å²) in [7, 11) is -1.83. The van der Waals surface area contributed by atoms with Crippen LogP contribution in [0.5, 0.6) is 0 Å². The third-order valence-electron chi connectivity index (χ3n) is 5.03. The Balaban J connectivity index is 1.54. The topological polar surface area (TPSA) is 125 Å². The van der Waals surface area contributed by atoms with Gasteiger partial charge >= 0.3 is 0 Å². The number of rotatable bonds is 5. The van der Waals surface area contributed by atoms with Gasteiger partial charge in [-0.05, 0) is 24.6 Å². The second kappa shape index (κ2) is 6.84. The van der Waals surface area contributed by atoms with Crippen LogP contribution in [0.25, 0.3) is 11.0 Å². The van der Waals surface area contributed by atoms with Crippen molar-refractivity contribution >= 4 is 32.6 Å². The van der Waals surface area contributed by atoms with E-state index in [1.54, 1.807) is 6.20 Å². The molecule has 1 aliphatic heterocycles. The number of sulfonamides is 1. The summed E-state index contributed by atoms with van der Waals surface area (Å²) in [6.45, 7) is 0.682. The minimum atomic E-state index is -3.72. The Morgan fingerprint density at radius 1 is 1.25 bits per heavy atom. The lowest BCUT2D eigenvalue weighted by atomic mass is 10.2. The number of hydrogen-bond acceptors (Lipinski definition) is 7. The van der Waals surface area contributed by atoms with Gasteiger partial charge in [-0.25, -0.2) is 18.4 Å². The number of hydrogen-bond donors (Lipinski definition) is 1. The molecule has 0 radical (unpaired) electrons. The van der Waals surface area contributed by atoms with E-state index >= 15 is 0 Å². The summed E-state index contributed by atoms with van der Waals surface area (Å²) in [5.74, 6) is 0.742. The van der Waals surface area contributed by atoms with Crippen LogP contribution in [0.15, 0.2) is 47.8 Å². The number of benzene rings is 1. The van der Waals surface area contributed by atoms with E-state index < -0.39 is 14.9 Å². The van der Waals surface area contributed by atoms with Gasteiger partial charge in [0.1, 0.15) is 17.8 Å². The van der Waals surface area contributed by atoms with Crippen molar-refractivity contribution in [2.45, 2.75) is 17.4 Å². The molecule has 3 aromatic rings. The van der Waals surface area contributed by atoms with Crippen molar-refractivity contribution < 1.29 is 13.3 Å². The van der Waals surface area contributed by atoms with Gasteiger partial charge in [-0.2, -0.15) is 4.31 Å². The lowest BCUT2D eigenvalue weighted by Crippen LogP contribution is -2.37. The first-order valence-electron chi connectivity index (χ1n) is 8.63. The van der Waals surface area contributed by atoms with Gasteiger partial charge < -0.3 is 9.88 Å². The number of nitro benzene ring substituents is 1. The summed E-state index contributed by atoms with van der Waals surface area (Å²) in [4.78, 5) is 23.8. The van der Waals surface area contributed by atoms with E-state index in [1.165, 1.54) is 34.9 Å². The fourth-order valence-corrected chi connectivity index (χ4v) is 4.94. The van der Waals surface area contributed by atoms with Crippen LogP contribution in [0.1, 0.15) is 6.42 Å². The predicted molar refractivity (Wildman–Crippen MR) is 103 cm³/mol. The zero-order chi connectivity index (χ0) is 19.9. The zero-order valence-electron chi connectivity index (χ0n) is 15.0. The standard InChI is InChI=1S/C17H18N6O4S/c1-21(17-15-6-8-18-16(15)19-11-20-17)13-7-9-22(10-13)28(26,27)14-4-2-12(3-5-14)23(24)25/h2-6,8,11,13H,7,9-10H2,1H3,(H,18,19,20)/t13-/m1/s1. The average molecular weight is 402 g/mol. The number of aromatic nitrogens is 3. The van der Waals surface area contributed by atoms with Crippen molar-refractivity contribution in [3.8, 4) is 0 Å². The van der Waals surface area contributed by atoms with E-state index in [0.29, 0.717) is 19.5 Å². The second-order valence-corrected chi connectivity index (χ2v) is 8.54. The van der Waals surface area contributed by atoms with E-state index in [2.05, 4.69) is 15.0 Å². The van der Waals surface area contributed by atoms with Gasteiger partial charge in [-0.15, -0.1) is 0 Å². The summed E-state index contributed by atoms with van der Waals surface area (Å²) in [5.41, 5.74) is 0.586. The molecular formula is C17H18N6O4S. The first kappa shape index (κ1) is 18.3. The van der Waals surface area contributed by atoms with Crippen molar-refractivity contribution in [2.24, 2.45) is 0 Å². The highest BCUT2D eigenvalue weighted by Crippen LogP contribution is 2.29. The molecule has 1 fully saturated rings. The Hall–Kier alpha value is -3.05. The van der Waals surface area contributed by atoms with Gasteiger partial charge in [-0.3, -0.25) is 10.1 Å². The van der Waals surface area contributed by atoms with Gasteiger partial charge in [0.15, 0.2) is 0 Å². The number of non-ortho nitro benzene ring substituents is 1. The molecule has 1 atom stereocenters. The molecule has 3 heterocycles. The van der Waals surface area contributed by atoms with E-state index in [1.807, 2.05) is 18.0 Å². The SMILES string of the molecule is CN(c1ncnc2[nH]ccc12)[C@@H]1CCN(S(=O)(=O)c2ccc([N+](=O)[O-])cc2)C1. The van der Waals surface area contributed by atoms with Crippen LogP contribution in [0.2, 0.25) is 0 Å². The van der Waals surface area contributed by atoms with Crippen molar-refractivity contribution in [3.63, 3.8) is 0 Å². The zero-order valence-corrected chi connectivity index (χ0v) is 15.8. The summed E-state index contributed by atoms with van der Waals surface area (Å²) < 4.78 is 27.2. The lowest BCUT2D eigenvalue weighted by Gasteiger charge is -2.26. The number of nitrogens with one attached hydrogen (secondary N) is 1. The molecule has 146 valence electrons. The minimum absolute atomic E-state index is 0.0409. The Labute approximate surface area is 161 Å². The van der Waals surface area contributed by atoms with Crippen LogP contribution >= 0.6 is 0 Å². The van der Waals surface area contributed by atoms with Crippen LogP contribution in [-0.2, 0) is 10.0 Å². The quantitative estimate of drug-likeness (QED) is 0.509. The molecule has 1 saturated heterocycles. The molecule has 0 amide bonds. The highest BCUT2D eigenvalue weighted by Gasteiger charge is 2.35. The van der Waals surface area contributed by atoms with Crippen molar-refractivity contribution in [1.29, 1.82) is 0 Å². The predicted octanol–water partition coefficient (Wildman–Crippen LogP) is 1.77. The van der Waals surface area contributed by atoms with Gasteiger partial charge in [0.05, 0.1) is 15.2 Å². The second-order valence-electron chi connectivity index (χ2n) is 6.60. The van der Waals surface area contributed by atoms with Gasteiger partial charge in [0.25, 0.3) is 5.69 Å². The van der Waals surface area contributed by atoms with Crippen molar-refractivity contribution in [1.82, 2.24) is 19.3 Å². The third-order valence-corrected chi connectivity index (χ3v) is 6.91. The summed E-state index contributed by atoms with van der Waals surface area (Å²) in [6, 6.07) is 6.81. The molecule has 0 spiro atoms. The minimum Gasteiger partial charge on any atom is -0.355 e. The Bertz CT molecular complexity index is 1130.